The number of nitrogens with one attached hydrogen (secondary N) is 1. The minimum atomic E-state index is -3.68. The maximum absolute atomic E-state index is 12.4. The lowest BCUT2D eigenvalue weighted by molar-refractivity contribution is 0.184. The predicted octanol–water partition coefficient (Wildman–Crippen LogP) is 3.00. The van der Waals surface area contributed by atoms with Crippen molar-refractivity contribution in [2.45, 2.75) is 24.7 Å². The Morgan fingerprint density at radius 2 is 2.00 bits per heavy atom. The van der Waals surface area contributed by atoms with E-state index in [0.29, 0.717) is 12.5 Å². The molecular weight excluding hydrogens is 331 g/mol. The molecule has 7 heteroatoms. The predicted molar refractivity (Wildman–Crippen MR) is 86.5 cm³/mol. The molecule has 1 aromatic rings. The lowest BCUT2D eigenvalue weighted by Gasteiger charge is -2.31. The number of sulfonamides is 1. The van der Waals surface area contributed by atoms with Gasteiger partial charge < -0.3 is 4.90 Å². The van der Waals surface area contributed by atoms with Crippen molar-refractivity contribution in [3.05, 3.63) is 28.2 Å². The third kappa shape index (κ3) is 4.33. The average molecular weight is 351 g/mol. The molecule has 1 aliphatic rings. The summed E-state index contributed by atoms with van der Waals surface area (Å²) in [7, 11) is -3.68. The van der Waals surface area contributed by atoms with Gasteiger partial charge in [-0.05, 0) is 44.0 Å². The number of benzene rings is 1. The minimum Gasteiger partial charge on any atom is -0.303 e. The zero-order chi connectivity index (χ0) is 15.5. The average Bonchev–Trinajstić information content (AvgIpc) is 2.45. The van der Waals surface area contributed by atoms with Crippen molar-refractivity contribution in [1.82, 2.24) is 9.62 Å². The van der Waals surface area contributed by atoms with E-state index in [1.165, 1.54) is 12.1 Å². The minimum absolute atomic E-state index is 0.0310. The Bertz CT molecular complexity index is 572. The molecule has 21 heavy (non-hydrogen) atoms. The Morgan fingerprint density at radius 1 is 1.33 bits per heavy atom. The smallest absolute Gasteiger partial charge is 0.243 e. The molecule has 4 nitrogen and oxygen atoms in total. The number of likely N-dealkylation sites (tertiary alicyclic amines) is 1. The van der Waals surface area contributed by atoms with E-state index in [1.54, 1.807) is 6.07 Å². The van der Waals surface area contributed by atoms with Crippen LogP contribution in [-0.2, 0) is 10.0 Å². The summed E-state index contributed by atoms with van der Waals surface area (Å²) in [4.78, 5) is 2.31. The SMILES string of the molecule is CCN1CCC[C@H](CNS(=O)(=O)c2c(Cl)cccc2Cl)C1. The van der Waals surface area contributed by atoms with Crippen LogP contribution in [0.2, 0.25) is 10.0 Å². The topological polar surface area (TPSA) is 49.4 Å². The van der Waals surface area contributed by atoms with Crippen molar-refractivity contribution in [3.8, 4) is 0 Å². The molecule has 1 N–H and O–H groups in total. The van der Waals surface area contributed by atoms with Gasteiger partial charge in [-0.25, -0.2) is 13.1 Å². The molecule has 0 aliphatic carbocycles. The number of piperidine rings is 1. The second-order valence-electron chi connectivity index (χ2n) is 5.30. The molecule has 1 fully saturated rings. The van der Waals surface area contributed by atoms with Gasteiger partial charge in [0.15, 0.2) is 0 Å². The van der Waals surface area contributed by atoms with Gasteiger partial charge in [0.25, 0.3) is 0 Å². The molecule has 0 radical (unpaired) electrons. The number of nitrogens with zero attached hydrogens (tertiary/aromatic N) is 1. The van der Waals surface area contributed by atoms with Crippen LogP contribution in [0.15, 0.2) is 23.1 Å². The maximum Gasteiger partial charge on any atom is 0.243 e. The molecule has 1 atom stereocenters. The van der Waals surface area contributed by atoms with Gasteiger partial charge in [0.1, 0.15) is 4.90 Å². The number of rotatable bonds is 5. The zero-order valence-corrected chi connectivity index (χ0v) is 14.3. The van der Waals surface area contributed by atoms with E-state index < -0.39 is 10.0 Å². The Balaban J connectivity index is 2.05. The van der Waals surface area contributed by atoms with Crippen LogP contribution in [0.3, 0.4) is 0 Å². The monoisotopic (exact) mass is 350 g/mol. The molecule has 2 rings (SSSR count). The molecule has 0 amide bonds. The standard InChI is InChI=1S/C14H20Cl2N2O2S/c1-2-18-8-4-5-11(10-18)9-17-21(19,20)14-12(15)6-3-7-13(14)16/h3,6-7,11,17H,2,4-5,8-10H2,1H3/t11-/m1/s1. The van der Waals surface area contributed by atoms with Crippen molar-refractivity contribution in [2.75, 3.05) is 26.2 Å². The van der Waals surface area contributed by atoms with Gasteiger partial charge >= 0.3 is 0 Å². The molecule has 0 bridgehead atoms. The number of halogens is 2. The summed E-state index contributed by atoms with van der Waals surface area (Å²) in [5.41, 5.74) is 0. The molecule has 1 aromatic carbocycles. The van der Waals surface area contributed by atoms with Gasteiger partial charge in [-0.1, -0.05) is 36.2 Å². The summed E-state index contributed by atoms with van der Waals surface area (Å²) in [5, 5.41) is 0.294. The molecule has 118 valence electrons. The lowest BCUT2D eigenvalue weighted by atomic mass is 9.98. The molecule has 0 aromatic heterocycles. The highest BCUT2D eigenvalue weighted by atomic mass is 35.5. The van der Waals surface area contributed by atoms with Crippen LogP contribution in [0.5, 0.6) is 0 Å². The Kier molecular flexibility index (Phi) is 5.91. The van der Waals surface area contributed by atoms with Crippen LogP contribution < -0.4 is 4.72 Å². The largest absolute Gasteiger partial charge is 0.303 e. The molecule has 1 heterocycles. The van der Waals surface area contributed by atoms with E-state index >= 15 is 0 Å². The summed E-state index contributed by atoms with van der Waals surface area (Å²) in [5.74, 6) is 0.328. The van der Waals surface area contributed by atoms with E-state index in [4.69, 9.17) is 23.2 Å². The summed E-state index contributed by atoms with van der Waals surface area (Å²) in [6, 6.07) is 4.69. The third-order valence-electron chi connectivity index (χ3n) is 3.80. The fourth-order valence-electron chi connectivity index (χ4n) is 2.64. The van der Waals surface area contributed by atoms with Crippen LogP contribution in [0.4, 0.5) is 0 Å². The van der Waals surface area contributed by atoms with E-state index in [2.05, 4.69) is 16.5 Å². The van der Waals surface area contributed by atoms with Gasteiger partial charge in [-0.15, -0.1) is 0 Å². The van der Waals surface area contributed by atoms with Crippen molar-refractivity contribution >= 4 is 33.2 Å². The molecular formula is C14H20Cl2N2O2S. The molecule has 0 unspecified atom stereocenters. The second kappa shape index (κ2) is 7.29. The Hall–Kier alpha value is -0.330. The van der Waals surface area contributed by atoms with Crippen LogP contribution >= 0.6 is 23.2 Å². The lowest BCUT2D eigenvalue weighted by Crippen LogP contribution is -2.40. The first-order chi connectivity index (χ1) is 9.94. The van der Waals surface area contributed by atoms with E-state index in [-0.39, 0.29) is 14.9 Å². The Labute approximate surface area is 136 Å². The van der Waals surface area contributed by atoms with Crippen molar-refractivity contribution < 1.29 is 8.42 Å². The molecule has 0 spiro atoms. The van der Waals surface area contributed by atoms with Crippen molar-refractivity contribution in [3.63, 3.8) is 0 Å². The van der Waals surface area contributed by atoms with E-state index in [1.807, 2.05) is 0 Å². The summed E-state index contributed by atoms with van der Waals surface area (Å²) in [6.45, 7) is 5.56. The number of hydrogen-bond donors (Lipinski definition) is 1. The summed E-state index contributed by atoms with van der Waals surface area (Å²) in [6.07, 6.45) is 2.14. The van der Waals surface area contributed by atoms with Gasteiger partial charge in [0.2, 0.25) is 10.0 Å². The highest BCUT2D eigenvalue weighted by molar-refractivity contribution is 7.89. The first kappa shape index (κ1) is 17.0. The fraction of sp³-hybridized carbons (Fsp3) is 0.571. The zero-order valence-electron chi connectivity index (χ0n) is 12.0. The van der Waals surface area contributed by atoms with Gasteiger partial charge in [0, 0.05) is 13.1 Å². The second-order valence-corrected chi connectivity index (χ2v) is 7.82. The van der Waals surface area contributed by atoms with Crippen molar-refractivity contribution in [1.29, 1.82) is 0 Å². The Morgan fingerprint density at radius 3 is 2.62 bits per heavy atom. The fourth-order valence-corrected chi connectivity index (χ4v) is 4.90. The molecule has 1 saturated heterocycles. The maximum atomic E-state index is 12.4. The van der Waals surface area contributed by atoms with Crippen molar-refractivity contribution in [2.24, 2.45) is 5.92 Å². The van der Waals surface area contributed by atoms with Crippen LogP contribution in [0.1, 0.15) is 19.8 Å². The first-order valence-corrected chi connectivity index (χ1v) is 9.34. The van der Waals surface area contributed by atoms with Crippen LogP contribution in [0.25, 0.3) is 0 Å². The van der Waals surface area contributed by atoms with E-state index in [0.717, 1.165) is 32.5 Å². The van der Waals surface area contributed by atoms with Gasteiger partial charge in [-0.2, -0.15) is 0 Å². The molecule has 0 saturated carbocycles. The third-order valence-corrected chi connectivity index (χ3v) is 6.18. The van der Waals surface area contributed by atoms with E-state index in [9.17, 15) is 8.42 Å². The van der Waals surface area contributed by atoms with Crippen LogP contribution in [0, 0.1) is 5.92 Å². The highest BCUT2D eigenvalue weighted by Crippen LogP contribution is 2.29. The summed E-state index contributed by atoms with van der Waals surface area (Å²) < 4.78 is 27.4. The number of hydrogen-bond acceptors (Lipinski definition) is 3. The first-order valence-electron chi connectivity index (χ1n) is 7.10. The molecule has 1 aliphatic heterocycles. The van der Waals surface area contributed by atoms with Gasteiger partial charge in [0.05, 0.1) is 10.0 Å². The van der Waals surface area contributed by atoms with Crippen LogP contribution in [-0.4, -0.2) is 39.5 Å². The van der Waals surface area contributed by atoms with Gasteiger partial charge in [-0.3, -0.25) is 0 Å². The summed E-state index contributed by atoms with van der Waals surface area (Å²) >= 11 is 11.9. The quantitative estimate of drug-likeness (QED) is 0.887. The normalized spacial score (nSPS) is 20.6. The highest BCUT2D eigenvalue weighted by Gasteiger charge is 2.24.